The Balaban J connectivity index is 1.34. The molecule has 3 aromatic heterocycles. The summed E-state index contributed by atoms with van der Waals surface area (Å²) in [6.45, 7) is 2.82. The number of urea groups is 1. The van der Waals surface area contributed by atoms with Gasteiger partial charge in [-0.05, 0) is 55.0 Å². The molecule has 0 bridgehead atoms. The van der Waals surface area contributed by atoms with Gasteiger partial charge in [-0.1, -0.05) is 18.2 Å². The smallest absolute Gasteiger partial charge is 0.322 e. The number of nitrogens with zero attached hydrogens (tertiary/aromatic N) is 3. The summed E-state index contributed by atoms with van der Waals surface area (Å²) >= 11 is 1.54. The van der Waals surface area contributed by atoms with E-state index in [1.807, 2.05) is 53.9 Å². The van der Waals surface area contributed by atoms with E-state index in [4.69, 9.17) is 4.42 Å². The zero-order valence-electron chi connectivity index (χ0n) is 18.6. The van der Waals surface area contributed by atoms with E-state index in [1.54, 1.807) is 34.6 Å². The standard InChI is InChI=1S/C26H23FN4O2S/c1-18-5-2-3-7-23(18)28-25(32)30(15-22-6-4-14-33-22)13-12-21-17-34-26-29-24(16-31(21)26)19-8-10-20(27)11-9-19/h2-11,14,16-17H,12-13,15H2,1H3,(H,28,32). The molecular formula is C26H23FN4O2S. The number of anilines is 1. The number of rotatable bonds is 7. The highest BCUT2D eigenvalue weighted by molar-refractivity contribution is 7.15. The summed E-state index contributed by atoms with van der Waals surface area (Å²) in [5, 5.41) is 5.07. The van der Waals surface area contributed by atoms with Crippen LogP contribution in [-0.4, -0.2) is 26.9 Å². The molecule has 0 radical (unpaired) electrons. The number of aryl methyl sites for hydroxylation is 1. The molecule has 34 heavy (non-hydrogen) atoms. The minimum absolute atomic E-state index is 0.185. The van der Waals surface area contributed by atoms with Crippen molar-refractivity contribution in [2.75, 3.05) is 11.9 Å². The fourth-order valence-corrected chi connectivity index (χ4v) is 4.68. The van der Waals surface area contributed by atoms with E-state index in [-0.39, 0.29) is 11.8 Å². The Morgan fingerprint density at radius 3 is 2.74 bits per heavy atom. The number of halogens is 1. The summed E-state index contributed by atoms with van der Waals surface area (Å²) in [6, 6.07) is 17.5. The summed E-state index contributed by atoms with van der Waals surface area (Å²) in [7, 11) is 0. The van der Waals surface area contributed by atoms with Crippen LogP contribution in [0.15, 0.2) is 82.9 Å². The second kappa shape index (κ2) is 9.52. The first-order chi connectivity index (χ1) is 16.6. The molecule has 2 aromatic carbocycles. The number of amides is 2. The fourth-order valence-electron chi connectivity index (χ4n) is 3.77. The summed E-state index contributed by atoms with van der Waals surface area (Å²) in [6.07, 6.45) is 4.21. The molecule has 0 saturated carbocycles. The lowest BCUT2D eigenvalue weighted by molar-refractivity contribution is 0.204. The minimum atomic E-state index is -0.272. The summed E-state index contributed by atoms with van der Waals surface area (Å²) in [5.41, 5.74) is 4.49. The maximum atomic E-state index is 13.3. The second-order valence-corrected chi connectivity index (χ2v) is 8.85. The van der Waals surface area contributed by atoms with Gasteiger partial charge in [0.1, 0.15) is 11.6 Å². The third-order valence-electron chi connectivity index (χ3n) is 5.66. The maximum Gasteiger partial charge on any atom is 0.322 e. The van der Waals surface area contributed by atoms with E-state index in [0.717, 1.165) is 38.9 Å². The van der Waals surface area contributed by atoms with Gasteiger partial charge in [-0.2, -0.15) is 0 Å². The number of nitrogens with one attached hydrogen (secondary N) is 1. The topological polar surface area (TPSA) is 62.8 Å². The molecule has 0 unspecified atom stereocenters. The molecule has 172 valence electrons. The molecule has 0 aliphatic heterocycles. The van der Waals surface area contributed by atoms with Crippen LogP contribution in [0.1, 0.15) is 17.0 Å². The Kier molecular flexibility index (Phi) is 6.14. The van der Waals surface area contributed by atoms with Gasteiger partial charge >= 0.3 is 6.03 Å². The molecule has 3 heterocycles. The Morgan fingerprint density at radius 1 is 1.15 bits per heavy atom. The van der Waals surface area contributed by atoms with E-state index in [0.29, 0.717) is 19.5 Å². The predicted octanol–water partition coefficient (Wildman–Crippen LogP) is 6.38. The van der Waals surface area contributed by atoms with Crippen molar-refractivity contribution in [3.05, 3.63) is 101 Å². The lowest BCUT2D eigenvalue weighted by Gasteiger charge is -2.22. The fraction of sp³-hybridized carbons (Fsp3) is 0.154. The summed E-state index contributed by atoms with van der Waals surface area (Å²) in [5.74, 6) is 0.447. The van der Waals surface area contributed by atoms with Crippen LogP contribution in [0.4, 0.5) is 14.9 Å². The molecule has 5 aromatic rings. The number of thiazole rings is 1. The van der Waals surface area contributed by atoms with Crippen LogP contribution in [0.3, 0.4) is 0 Å². The zero-order chi connectivity index (χ0) is 23.5. The molecule has 5 rings (SSSR count). The Hall–Kier alpha value is -3.91. The SMILES string of the molecule is Cc1ccccc1NC(=O)N(CCc1csc2nc(-c3ccc(F)cc3)cn12)Cc1ccco1. The maximum absolute atomic E-state index is 13.3. The Labute approximate surface area is 200 Å². The van der Waals surface area contributed by atoms with Crippen molar-refractivity contribution in [2.24, 2.45) is 0 Å². The first-order valence-electron chi connectivity index (χ1n) is 10.9. The molecule has 2 amide bonds. The number of hydrogen-bond donors (Lipinski definition) is 1. The molecule has 1 N–H and O–H groups in total. The van der Waals surface area contributed by atoms with Crippen LogP contribution in [0.2, 0.25) is 0 Å². The Bertz CT molecular complexity index is 1410. The van der Waals surface area contributed by atoms with E-state index in [9.17, 15) is 9.18 Å². The molecule has 0 spiro atoms. The van der Waals surface area contributed by atoms with Crippen LogP contribution >= 0.6 is 11.3 Å². The van der Waals surface area contributed by atoms with Gasteiger partial charge in [0.2, 0.25) is 0 Å². The number of carbonyl (C=O) groups is 1. The van der Waals surface area contributed by atoms with E-state index in [2.05, 4.69) is 15.7 Å². The number of fused-ring (bicyclic) bond motifs is 1. The number of carbonyl (C=O) groups excluding carboxylic acids is 1. The minimum Gasteiger partial charge on any atom is -0.467 e. The quantitative estimate of drug-likeness (QED) is 0.298. The normalized spacial score (nSPS) is 11.1. The number of furan rings is 1. The van der Waals surface area contributed by atoms with Gasteiger partial charge in [0.25, 0.3) is 0 Å². The molecule has 0 fully saturated rings. The molecule has 8 heteroatoms. The van der Waals surface area contributed by atoms with Crippen molar-refractivity contribution in [3.8, 4) is 11.3 Å². The molecule has 0 aliphatic carbocycles. The highest BCUT2D eigenvalue weighted by atomic mass is 32.1. The van der Waals surface area contributed by atoms with Crippen molar-refractivity contribution in [1.82, 2.24) is 14.3 Å². The largest absolute Gasteiger partial charge is 0.467 e. The highest BCUT2D eigenvalue weighted by Crippen LogP contribution is 2.24. The zero-order valence-corrected chi connectivity index (χ0v) is 19.4. The van der Waals surface area contributed by atoms with Crippen molar-refractivity contribution >= 4 is 28.0 Å². The summed E-state index contributed by atoms with van der Waals surface area (Å²) < 4.78 is 20.8. The van der Waals surface area contributed by atoms with Gasteiger partial charge in [0, 0.05) is 41.5 Å². The van der Waals surface area contributed by atoms with Crippen molar-refractivity contribution < 1.29 is 13.6 Å². The van der Waals surface area contributed by atoms with Crippen LogP contribution in [-0.2, 0) is 13.0 Å². The van der Waals surface area contributed by atoms with Crippen LogP contribution in [0.25, 0.3) is 16.2 Å². The predicted molar refractivity (Wildman–Crippen MR) is 131 cm³/mol. The number of hydrogen-bond acceptors (Lipinski definition) is 4. The van der Waals surface area contributed by atoms with Gasteiger partial charge in [-0.25, -0.2) is 14.2 Å². The highest BCUT2D eigenvalue weighted by Gasteiger charge is 2.18. The third-order valence-corrected chi connectivity index (χ3v) is 6.55. The molecule has 0 atom stereocenters. The lowest BCUT2D eigenvalue weighted by atomic mass is 10.2. The second-order valence-electron chi connectivity index (χ2n) is 8.01. The molecular weight excluding hydrogens is 451 g/mol. The number of para-hydroxylation sites is 1. The van der Waals surface area contributed by atoms with Crippen LogP contribution < -0.4 is 5.32 Å². The van der Waals surface area contributed by atoms with Crippen LogP contribution in [0, 0.1) is 12.7 Å². The van der Waals surface area contributed by atoms with E-state index < -0.39 is 0 Å². The van der Waals surface area contributed by atoms with Gasteiger partial charge in [0.05, 0.1) is 18.5 Å². The van der Waals surface area contributed by atoms with Gasteiger partial charge < -0.3 is 14.6 Å². The van der Waals surface area contributed by atoms with E-state index in [1.165, 1.54) is 12.1 Å². The monoisotopic (exact) mass is 474 g/mol. The average molecular weight is 475 g/mol. The summed E-state index contributed by atoms with van der Waals surface area (Å²) in [4.78, 5) is 20.4. The Morgan fingerprint density at radius 2 is 1.97 bits per heavy atom. The number of imidazole rings is 1. The van der Waals surface area contributed by atoms with Gasteiger partial charge in [-0.3, -0.25) is 4.40 Å². The van der Waals surface area contributed by atoms with Gasteiger partial charge in [0.15, 0.2) is 4.96 Å². The third kappa shape index (κ3) is 4.72. The van der Waals surface area contributed by atoms with Crippen molar-refractivity contribution in [1.29, 1.82) is 0 Å². The molecule has 0 aliphatic rings. The van der Waals surface area contributed by atoms with Crippen molar-refractivity contribution in [3.63, 3.8) is 0 Å². The molecule has 6 nitrogen and oxygen atoms in total. The van der Waals surface area contributed by atoms with Crippen molar-refractivity contribution in [2.45, 2.75) is 19.9 Å². The average Bonchev–Trinajstić information content (AvgIpc) is 3.57. The number of aromatic nitrogens is 2. The van der Waals surface area contributed by atoms with Gasteiger partial charge in [-0.15, -0.1) is 11.3 Å². The molecule has 0 saturated heterocycles. The van der Waals surface area contributed by atoms with Crippen LogP contribution in [0.5, 0.6) is 0 Å². The first kappa shape index (κ1) is 21.9. The van der Waals surface area contributed by atoms with E-state index >= 15 is 0 Å². The lowest BCUT2D eigenvalue weighted by Crippen LogP contribution is -2.36. The number of benzene rings is 2. The first-order valence-corrected chi connectivity index (χ1v) is 11.8.